The number of fused-ring (bicyclic) bond motifs is 1. The summed E-state index contributed by atoms with van der Waals surface area (Å²) >= 11 is 0. The van der Waals surface area contributed by atoms with Crippen LogP contribution < -0.4 is 0 Å². The minimum Gasteiger partial charge on any atom is -0.393 e. The predicted octanol–water partition coefficient (Wildman–Crippen LogP) is 6.12. The first-order chi connectivity index (χ1) is 13.6. The first kappa shape index (κ1) is 21.3. The van der Waals surface area contributed by atoms with Crippen LogP contribution in [0.25, 0.3) is 11.1 Å². The van der Waals surface area contributed by atoms with Crippen LogP contribution in [0, 0.1) is 0 Å². The Balaban J connectivity index is 1.75. The van der Waals surface area contributed by atoms with Crippen molar-refractivity contribution in [1.82, 2.24) is 0 Å². The van der Waals surface area contributed by atoms with Crippen molar-refractivity contribution in [3.05, 3.63) is 59.2 Å². The summed E-state index contributed by atoms with van der Waals surface area (Å²) in [5, 5.41) is 0. The smallest absolute Gasteiger partial charge is 0.313 e. The zero-order chi connectivity index (χ0) is 21.2. The van der Waals surface area contributed by atoms with Crippen molar-refractivity contribution in [2.24, 2.45) is 0 Å². The Morgan fingerprint density at radius 2 is 1.41 bits per heavy atom. The highest BCUT2D eigenvalue weighted by molar-refractivity contribution is 5.85. The molecule has 3 nitrogen and oxygen atoms in total. The normalized spacial score (nSPS) is 16.7. The minimum absolute atomic E-state index is 0.192. The Hall–Kier alpha value is -2.42. The number of hydrogen-bond acceptors (Lipinski definition) is 3. The Morgan fingerprint density at radius 1 is 0.828 bits per heavy atom. The van der Waals surface area contributed by atoms with Crippen LogP contribution in [0.4, 0.5) is 0 Å². The highest BCUT2D eigenvalue weighted by Crippen LogP contribution is 2.46. The van der Waals surface area contributed by atoms with Gasteiger partial charge < -0.3 is 4.74 Å². The summed E-state index contributed by atoms with van der Waals surface area (Å²) < 4.78 is 4.73. The van der Waals surface area contributed by atoms with Crippen LogP contribution in [0.2, 0.25) is 0 Å². The van der Waals surface area contributed by atoms with Crippen LogP contribution in [-0.4, -0.2) is 11.9 Å². The van der Waals surface area contributed by atoms with Crippen LogP contribution in [-0.2, 0) is 31.6 Å². The molecular weight excluding hydrogens is 360 g/mol. The molecule has 154 valence electrons. The van der Waals surface area contributed by atoms with Gasteiger partial charge in [-0.2, -0.15) is 0 Å². The van der Waals surface area contributed by atoms with Gasteiger partial charge in [-0.05, 0) is 57.9 Å². The quantitative estimate of drug-likeness (QED) is 0.455. The lowest BCUT2D eigenvalue weighted by Crippen LogP contribution is -2.33. The molecule has 0 aromatic heterocycles. The molecule has 0 spiro atoms. The van der Waals surface area contributed by atoms with Gasteiger partial charge in [0.1, 0.15) is 0 Å². The van der Waals surface area contributed by atoms with E-state index in [-0.39, 0.29) is 23.7 Å². The van der Waals surface area contributed by atoms with E-state index in [1.807, 2.05) is 0 Å². The first-order valence-electron chi connectivity index (χ1n) is 10.6. The summed E-state index contributed by atoms with van der Waals surface area (Å²) in [4.78, 5) is 22.9. The molecule has 0 radical (unpaired) electrons. The number of carbonyl (C=O) groups is 2. The second-order valence-electron chi connectivity index (χ2n) is 9.42. The number of ether oxygens (including phenoxy) is 1. The van der Waals surface area contributed by atoms with Crippen LogP contribution in [0.15, 0.2) is 42.5 Å². The van der Waals surface area contributed by atoms with Gasteiger partial charge in [-0.3, -0.25) is 9.59 Å². The van der Waals surface area contributed by atoms with Gasteiger partial charge in [0.25, 0.3) is 0 Å². The van der Waals surface area contributed by atoms with E-state index in [1.165, 1.54) is 35.1 Å². The van der Waals surface area contributed by atoms with Gasteiger partial charge in [0.15, 0.2) is 0 Å². The van der Waals surface area contributed by atoms with E-state index in [4.69, 9.17) is 4.74 Å². The van der Waals surface area contributed by atoms with Crippen LogP contribution in [0.1, 0.15) is 77.0 Å². The predicted molar refractivity (Wildman–Crippen MR) is 117 cm³/mol. The lowest BCUT2D eigenvalue weighted by molar-refractivity contribution is -0.159. The average Bonchev–Trinajstić information content (AvgIpc) is 2.70. The van der Waals surface area contributed by atoms with E-state index >= 15 is 0 Å². The molecule has 29 heavy (non-hydrogen) atoms. The van der Waals surface area contributed by atoms with Crippen LogP contribution >= 0.6 is 0 Å². The molecular formula is C26H32O3. The summed E-state index contributed by atoms with van der Waals surface area (Å²) in [5.41, 5.74) is 6.81. The van der Waals surface area contributed by atoms with Gasteiger partial charge in [-0.1, -0.05) is 77.1 Å². The van der Waals surface area contributed by atoms with Gasteiger partial charge in [0, 0.05) is 6.42 Å². The Bertz CT molecular complexity index is 904. The maximum atomic E-state index is 11.7. The van der Waals surface area contributed by atoms with Crippen LogP contribution in [0.3, 0.4) is 0 Å². The van der Waals surface area contributed by atoms with E-state index in [0.717, 1.165) is 5.56 Å². The molecule has 0 saturated carbocycles. The van der Waals surface area contributed by atoms with E-state index < -0.39 is 11.9 Å². The molecule has 1 aliphatic carbocycles. The Morgan fingerprint density at radius 3 is 2.03 bits per heavy atom. The highest BCUT2D eigenvalue weighted by Gasteiger charge is 2.36. The van der Waals surface area contributed by atoms with Crippen molar-refractivity contribution in [2.75, 3.05) is 0 Å². The molecule has 1 aliphatic rings. The van der Waals surface area contributed by atoms with Gasteiger partial charge in [0.2, 0.25) is 0 Å². The van der Waals surface area contributed by atoms with E-state index in [2.05, 4.69) is 70.2 Å². The van der Waals surface area contributed by atoms with Crippen molar-refractivity contribution in [3.8, 4) is 11.1 Å². The number of aryl methyl sites for hydroxylation is 1. The fourth-order valence-corrected chi connectivity index (χ4v) is 4.13. The molecule has 3 heteroatoms. The Labute approximate surface area is 174 Å². The van der Waals surface area contributed by atoms with E-state index in [0.29, 0.717) is 6.42 Å². The molecule has 0 bridgehead atoms. The second kappa shape index (κ2) is 8.14. The molecule has 0 saturated heterocycles. The molecule has 0 aliphatic heterocycles. The van der Waals surface area contributed by atoms with Gasteiger partial charge in [-0.15, -0.1) is 0 Å². The summed E-state index contributed by atoms with van der Waals surface area (Å²) in [6.45, 7) is 11.0. The van der Waals surface area contributed by atoms with E-state index in [9.17, 15) is 9.59 Å². The first-order valence-corrected chi connectivity index (χ1v) is 10.6. The molecule has 0 N–H and O–H groups in total. The highest BCUT2D eigenvalue weighted by atomic mass is 16.6. The topological polar surface area (TPSA) is 43.4 Å². The molecule has 2 aromatic rings. The maximum Gasteiger partial charge on any atom is 0.313 e. The maximum absolute atomic E-state index is 11.7. The molecule has 0 heterocycles. The third-order valence-corrected chi connectivity index (χ3v) is 6.27. The van der Waals surface area contributed by atoms with Crippen LogP contribution in [0.5, 0.6) is 0 Å². The molecule has 0 fully saturated rings. The fourth-order valence-electron chi connectivity index (χ4n) is 4.13. The summed E-state index contributed by atoms with van der Waals surface area (Å²) in [5.74, 6) is -0.927. The van der Waals surface area contributed by atoms with Gasteiger partial charge in [-0.25, -0.2) is 0 Å². The number of rotatable bonds is 5. The molecule has 0 amide bonds. The summed E-state index contributed by atoms with van der Waals surface area (Å²) in [6, 6.07) is 15.2. The third-order valence-electron chi connectivity index (χ3n) is 6.27. The van der Waals surface area contributed by atoms with Crippen molar-refractivity contribution in [1.29, 1.82) is 0 Å². The number of hydrogen-bond donors (Lipinski definition) is 0. The average molecular weight is 393 g/mol. The molecule has 0 unspecified atom stereocenters. The van der Waals surface area contributed by atoms with Gasteiger partial charge in [0.05, 0.1) is 6.42 Å². The summed E-state index contributed by atoms with van der Waals surface area (Å²) in [7, 11) is 0. The largest absolute Gasteiger partial charge is 0.393 e. The Kier molecular flexibility index (Phi) is 5.97. The fraction of sp³-hybridized carbons (Fsp3) is 0.462. The zero-order valence-corrected chi connectivity index (χ0v) is 18.3. The molecule has 0 atom stereocenters. The molecule has 2 aromatic carbocycles. The van der Waals surface area contributed by atoms with Crippen molar-refractivity contribution >= 4 is 11.9 Å². The number of benzene rings is 2. The zero-order valence-electron chi connectivity index (χ0n) is 18.3. The van der Waals surface area contributed by atoms with Crippen molar-refractivity contribution in [3.63, 3.8) is 0 Å². The third kappa shape index (κ3) is 4.77. The molecule has 3 rings (SSSR count). The number of carbonyl (C=O) groups excluding carboxylic acids is 2. The van der Waals surface area contributed by atoms with Crippen molar-refractivity contribution in [2.45, 2.75) is 77.6 Å². The monoisotopic (exact) mass is 392 g/mol. The van der Waals surface area contributed by atoms with E-state index in [1.54, 1.807) is 6.92 Å². The lowest BCUT2D eigenvalue weighted by atomic mass is 9.63. The number of esters is 2. The SMILES string of the molecule is CCC(=O)OC(=O)CCc1ccc(-c2ccc3c(c2)C(C)(C)CCC3(C)C)cc1. The second-order valence-corrected chi connectivity index (χ2v) is 9.42. The summed E-state index contributed by atoms with van der Waals surface area (Å²) in [6.07, 6.45) is 3.42. The lowest BCUT2D eigenvalue weighted by Gasteiger charge is -2.42. The minimum atomic E-state index is -0.469. The van der Waals surface area contributed by atoms with Gasteiger partial charge >= 0.3 is 11.9 Å². The standard InChI is InChI=1S/C26H32O3/c1-6-23(27)29-24(28)14-9-18-7-10-19(11-8-18)20-12-13-21-22(17-20)26(4,5)16-15-25(21,2)3/h7-8,10-13,17H,6,9,14-16H2,1-5H3. The van der Waals surface area contributed by atoms with Crippen molar-refractivity contribution < 1.29 is 14.3 Å².